The van der Waals surface area contributed by atoms with Crippen molar-refractivity contribution < 1.29 is 4.74 Å². The number of rotatable bonds is 6. The third-order valence-electron chi connectivity index (χ3n) is 1.36. The van der Waals surface area contributed by atoms with Crippen LogP contribution in [0.15, 0.2) is 0 Å². The van der Waals surface area contributed by atoms with Gasteiger partial charge >= 0.3 is 0 Å². The van der Waals surface area contributed by atoms with Gasteiger partial charge in [-0.2, -0.15) is 0 Å². The van der Waals surface area contributed by atoms with E-state index in [1.807, 2.05) is 0 Å². The van der Waals surface area contributed by atoms with E-state index in [2.05, 4.69) is 12.8 Å². The highest BCUT2D eigenvalue weighted by Crippen LogP contribution is 1.93. The lowest BCUT2D eigenvalue weighted by atomic mass is 10.2. The second-order valence-electron chi connectivity index (χ2n) is 2.57. The zero-order valence-corrected chi connectivity index (χ0v) is 7.18. The van der Waals surface area contributed by atoms with Crippen LogP contribution in [-0.2, 0) is 4.74 Å². The molecule has 0 rings (SSSR count). The first kappa shape index (κ1) is 10.5. The number of ether oxygens (including phenoxy) is 1. The summed E-state index contributed by atoms with van der Waals surface area (Å²) in [6.45, 7) is 3.64. The molecular formula is C9H17NO. The molecule has 0 aromatic rings. The summed E-state index contributed by atoms with van der Waals surface area (Å²) in [4.78, 5) is 0. The molecule has 0 aliphatic carbocycles. The summed E-state index contributed by atoms with van der Waals surface area (Å²) in [6.07, 6.45) is 7.66. The van der Waals surface area contributed by atoms with Gasteiger partial charge in [0.05, 0.1) is 0 Å². The highest BCUT2D eigenvalue weighted by molar-refractivity contribution is 4.88. The van der Waals surface area contributed by atoms with Gasteiger partial charge in [0, 0.05) is 25.7 Å². The predicted molar refractivity (Wildman–Crippen MR) is 47.2 cm³/mol. The van der Waals surface area contributed by atoms with Crippen LogP contribution >= 0.6 is 0 Å². The molecule has 0 aromatic carbocycles. The number of hydrogen-bond acceptors (Lipinski definition) is 2. The third kappa shape index (κ3) is 7.38. The highest BCUT2D eigenvalue weighted by Gasteiger charge is 1.98. The molecule has 2 heteroatoms. The van der Waals surface area contributed by atoms with Crippen LogP contribution in [-0.4, -0.2) is 19.3 Å². The molecule has 0 radical (unpaired) electrons. The van der Waals surface area contributed by atoms with Crippen LogP contribution in [0, 0.1) is 12.3 Å². The third-order valence-corrected chi connectivity index (χ3v) is 1.36. The van der Waals surface area contributed by atoms with Gasteiger partial charge in [-0.15, -0.1) is 12.3 Å². The van der Waals surface area contributed by atoms with Gasteiger partial charge in [0.25, 0.3) is 0 Å². The summed E-state index contributed by atoms with van der Waals surface area (Å²) in [5, 5.41) is 0. The van der Waals surface area contributed by atoms with E-state index in [-0.39, 0.29) is 6.04 Å². The normalized spacial score (nSPS) is 12.5. The van der Waals surface area contributed by atoms with Gasteiger partial charge in [0.1, 0.15) is 0 Å². The summed E-state index contributed by atoms with van der Waals surface area (Å²) >= 11 is 0. The van der Waals surface area contributed by atoms with Gasteiger partial charge in [0.2, 0.25) is 0 Å². The van der Waals surface area contributed by atoms with Crippen LogP contribution in [0.25, 0.3) is 0 Å². The molecule has 2 N–H and O–H groups in total. The first-order valence-corrected chi connectivity index (χ1v) is 4.08. The Kier molecular flexibility index (Phi) is 7.23. The topological polar surface area (TPSA) is 35.2 Å². The second kappa shape index (κ2) is 7.59. The number of terminal acetylenes is 1. The zero-order chi connectivity index (χ0) is 8.53. The predicted octanol–water partition coefficient (Wildman–Crippen LogP) is 1.15. The van der Waals surface area contributed by atoms with Crippen LogP contribution in [0.2, 0.25) is 0 Å². The van der Waals surface area contributed by atoms with Gasteiger partial charge < -0.3 is 10.5 Å². The van der Waals surface area contributed by atoms with E-state index in [1.54, 1.807) is 0 Å². The van der Waals surface area contributed by atoms with Gasteiger partial charge in [-0.05, 0) is 12.8 Å². The van der Waals surface area contributed by atoms with E-state index >= 15 is 0 Å². The molecule has 11 heavy (non-hydrogen) atoms. The Hall–Kier alpha value is -0.520. The van der Waals surface area contributed by atoms with Crippen molar-refractivity contribution in [2.24, 2.45) is 5.73 Å². The van der Waals surface area contributed by atoms with Crippen LogP contribution < -0.4 is 5.73 Å². The summed E-state index contributed by atoms with van der Waals surface area (Å²) in [7, 11) is 0. The van der Waals surface area contributed by atoms with E-state index in [1.165, 1.54) is 0 Å². The van der Waals surface area contributed by atoms with Crippen molar-refractivity contribution in [2.75, 3.05) is 13.2 Å². The highest BCUT2D eigenvalue weighted by atomic mass is 16.5. The molecule has 0 heterocycles. The van der Waals surface area contributed by atoms with Crippen LogP contribution in [0.1, 0.15) is 26.2 Å². The molecule has 1 unspecified atom stereocenters. The molecule has 1 atom stereocenters. The molecule has 0 aliphatic rings. The fourth-order valence-corrected chi connectivity index (χ4v) is 0.735. The number of hydrogen-bond donors (Lipinski definition) is 1. The molecule has 0 amide bonds. The average molecular weight is 155 g/mol. The maximum atomic E-state index is 5.64. The van der Waals surface area contributed by atoms with Crippen LogP contribution in [0.5, 0.6) is 0 Å². The molecule has 0 aromatic heterocycles. The molecule has 0 fully saturated rings. The zero-order valence-electron chi connectivity index (χ0n) is 7.18. The van der Waals surface area contributed by atoms with Crippen LogP contribution in [0.3, 0.4) is 0 Å². The van der Waals surface area contributed by atoms with E-state index in [9.17, 15) is 0 Å². The monoisotopic (exact) mass is 155 g/mol. The fraction of sp³-hybridized carbons (Fsp3) is 0.778. The van der Waals surface area contributed by atoms with E-state index in [0.717, 1.165) is 26.1 Å². The summed E-state index contributed by atoms with van der Waals surface area (Å²) in [5.74, 6) is 2.53. The Bertz CT molecular complexity index is 117. The smallest absolute Gasteiger partial charge is 0.0481 e. The summed E-state index contributed by atoms with van der Waals surface area (Å²) in [5.41, 5.74) is 5.64. The summed E-state index contributed by atoms with van der Waals surface area (Å²) in [6, 6.07) is 0.108. The molecule has 0 aliphatic heterocycles. The second-order valence-corrected chi connectivity index (χ2v) is 2.57. The minimum atomic E-state index is 0.108. The molecular weight excluding hydrogens is 138 g/mol. The molecule has 0 saturated heterocycles. The standard InChI is InChI=1S/C9H17NO/c1-3-5-9(10)6-8-11-7-4-2/h1,9H,4-8,10H2,2H3. The minimum absolute atomic E-state index is 0.108. The van der Waals surface area contributed by atoms with E-state index in [0.29, 0.717) is 6.42 Å². The molecule has 2 nitrogen and oxygen atoms in total. The van der Waals surface area contributed by atoms with Crippen molar-refractivity contribution in [3.05, 3.63) is 0 Å². The van der Waals surface area contributed by atoms with Crippen molar-refractivity contribution in [3.8, 4) is 12.3 Å². The Morgan fingerprint density at radius 2 is 2.27 bits per heavy atom. The fourth-order valence-electron chi connectivity index (χ4n) is 0.735. The minimum Gasteiger partial charge on any atom is -0.381 e. The molecule has 0 saturated carbocycles. The maximum absolute atomic E-state index is 5.64. The Balaban J connectivity index is 3.05. The van der Waals surface area contributed by atoms with Crippen molar-refractivity contribution in [2.45, 2.75) is 32.2 Å². The lowest BCUT2D eigenvalue weighted by molar-refractivity contribution is 0.128. The number of nitrogens with two attached hydrogens (primary N) is 1. The Morgan fingerprint density at radius 1 is 1.55 bits per heavy atom. The lowest BCUT2D eigenvalue weighted by Gasteiger charge is -2.07. The van der Waals surface area contributed by atoms with Gasteiger partial charge in [-0.3, -0.25) is 0 Å². The molecule has 0 bridgehead atoms. The molecule has 0 spiro atoms. The summed E-state index contributed by atoms with van der Waals surface area (Å²) < 4.78 is 5.25. The first-order valence-electron chi connectivity index (χ1n) is 4.08. The van der Waals surface area contributed by atoms with E-state index in [4.69, 9.17) is 16.9 Å². The quantitative estimate of drug-likeness (QED) is 0.461. The Labute approximate surface area is 69.1 Å². The van der Waals surface area contributed by atoms with Crippen LogP contribution in [0.4, 0.5) is 0 Å². The van der Waals surface area contributed by atoms with Crippen molar-refractivity contribution in [1.82, 2.24) is 0 Å². The van der Waals surface area contributed by atoms with Gasteiger partial charge in [-0.1, -0.05) is 6.92 Å². The van der Waals surface area contributed by atoms with Crippen molar-refractivity contribution >= 4 is 0 Å². The first-order chi connectivity index (χ1) is 5.31. The average Bonchev–Trinajstić information content (AvgIpc) is 1.99. The SMILES string of the molecule is C#CCC(N)CCOCCC. The Morgan fingerprint density at radius 3 is 2.82 bits per heavy atom. The largest absolute Gasteiger partial charge is 0.381 e. The molecule has 64 valence electrons. The van der Waals surface area contributed by atoms with Crippen molar-refractivity contribution in [1.29, 1.82) is 0 Å². The lowest BCUT2D eigenvalue weighted by Crippen LogP contribution is -2.21. The van der Waals surface area contributed by atoms with E-state index < -0.39 is 0 Å². The van der Waals surface area contributed by atoms with Gasteiger partial charge in [-0.25, -0.2) is 0 Å². The van der Waals surface area contributed by atoms with Gasteiger partial charge in [0.15, 0.2) is 0 Å². The maximum Gasteiger partial charge on any atom is 0.0481 e. The van der Waals surface area contributed by atoms with Crippen molar-refractivity contribution in [3.63, 3.8) is 0 Å².